The Kier molecular flexibility index (Phi) is 3.49. The first-order chi connectivity index (χ1) is 13.2. The molecular weight excluding hydrogens is 348 g/mol. The van der Waals surface area contributed by atoms with Crippen LogP contribution < -0.4 is 10.6 Å². The van der Waals surface area contributed by atoms with Crippen LogP contribution in [0.4, 0.5) is 11.6 Å². The largest absolute Gasteiger partial charge is 0.508 e. The summed E-state index contributed by atoms with van der Waals surface area (Å²) in [4.78, 5) is 13.1. The van der Waals surface area contributed by atoms with E-state index >= 15 is 0 Å². The van der Waals surface area contributed by atoms with Crippen molar-refractivity contribution >= 4 is 17.4 Å². The van der Waals surface area contributed by atoms with Crippen LogP contribution in [-0.4, -0.2) is 21.2 Å². The number of nitrogens with zero attached hydrogens (tertiary/aromatic N) is 2. The molecule has 3 aromatic rings. The Morgan fingerprint density at radius 2 is 1.89 bits per heavy atom. The number of allylic oxidation sites excluding steroid dienone is 1. The minimum atomic E-state index is -0.425. The fraction of sp³-hybridized carbons (Fsp3) is 0.211. The van der Waals surface area contributed by atoms with E-state index in [1.165, 1.54) is 0 Å². The summed E-state index contributed by atoms with van der Waals surface area (Å²) in [5.74, 6) is 1.81. The molecule has 0 saturated heterocycles. The fourth-order valence-electron chi connectivity index (χ4n) is 3.74. The predicted octanol–water partition coefficient (Wildman–Crippen LogP) is 3.35. The number of phenolic OH excluding ortho intramolecular Hbond substituents is 1. The second-order valence-corrected chi connectivity index (χ2v) is 6.69. The second kappa shape index (κ2) is 6.01. The second-order valence-electron chi connectivity index (χ2n) is 6.69. The Hall–Kier alpha value is -3.55. The molecule has 0 amide bonds. The summed E-state index contributed by atoms with van der Waals surface area (Å²) < 4.78 is 10.4. The Morgan fingerprint density at radius 1 is 1.07 bits per heavy atom. The van der Waals surface area contributed by atoms with E-state index in [1.807, 2.05) is 12.1 Å². The number of ketones is 1. The van der Waals surface area contributed by atoms with Gasteiger partial charge in [0.25, 0.3) is 0 Å². The highest BCUT2D eigenvalue weighted by atomic mass is 16.6. The van der Waals surface area contributed by atoms with Gasteiger partial charge in [-0.05, 0) is 46.6 Å². The molecule has 2 atom stereocenters. The van der Waals surface area contributed by atoms with Gasteiger partial charge in [-0.1, -0.05) is 12.1 Å². The molecule has 2 aliphatic rings. The molecule has 8 heteroatoms. The number of Topliss-reactive ketones (excluding diaryl/α,β-unsaturated/α-hetero) is 1. The quantitative estimate of drug-likeness (QED) is 0.634. The topological polar surface area (TPSA) is 113 Å². The number of fused-ring (bicyclic) bond motifs is 1. The molecule has 0 spiro atoms. The highest BCUT2D eigenvalue weighted by Gasteiger charge is 2.38. The Bertz CT molecular complexity index is 1020. The van der Waals surface area contributed by atoms with Crippen molar-refractivity contribution in [1.29, 1.82) is 0 Å². The predicted molar refractivity (Wildman–Crippen MR) is 95.1 cm³/mol. The van der Waals surface area contributed by atoms with Crippen molar-refractivity contribution in [3.8, 4) is 5.75 Å². The first kappa shape index (κ1) is 15.7. The first-order valence-electron chi connectivity index (χ1n) is 8.63. The Labute approximate surface area is 153 Å². The molecule has 0 bridgehead atoms. The molecule has 1 aromatic carbocycles. The Balaban J connectivity index is 1.61. The lowest BCUT2D eigenvalue weighted by molar-refractivity contribution is -0.116. The number of phenols is 1. The third-order valence-electron chi connectivity index (χ3n) is 5.01. The van der Waals surface area contributed by atoms with Crippen molar-refractivity contribution in [2.45, 2.75) is 24.8 Å². The lowest BCUT2D eigenvalue weighted by Crippen LogP contribution is -2.26. The highest BCUT2D eigenvalue weighted by molar-refractivity contribution is 6.00. The smallest absolute Gasteiger partial charge is 0.219 e. The molecule has 1 aliphatic heterocycles. The lowest BCUT2D eigenvalue weighted by Gasteiger charge is -2.28. The van der Waals surface area contributed by atoms with Crippen molar-refractivity contribution in [2.24, 2.45) is 0 Å². The van der Waals surface area contributed by atoms with Gasteiger partial charge < -0.3 is 20.2 Å². The summed E-state index contributed by atoms with van der Waals surface area (Å²) in [5, 5.41) is 23.8. The van der Waals surface area contributed by atoms with Crippen LogP contribution in [0.1, 0.15) is 36.1 Å². The molecule has 0 saturated carbocycles. The van der Waals surface area contributed by atoms with E-state index in [-0.39, 0.29) is 17.5 Å². The van der Waals surface area contributed by atoms with E-state index < -0.39 is 6.04 Å². The van der Waals surface area contributed by atoms with E-state index in [9.17, 15) is 9.90 Å². The third-order valence-corrected chi connectivity index (χ3v) is 5.01. The van der Waals surface area contributed by atoms with Crippen LogP contribution in [0.3, 0.4) is 0 Å². The first-order valence-corrected chi connectivity index (χ1v) is 8.63. The van der Waals surface area contributed by atoms with Crippen molar-refractivity contribution in [2.75, 3.05) is 10.6 Å². The van der Waals surface area contributed by atoms with Crippen molar-refractivity contribution in [3.63, 3.8) is 0 Å². The van der Waals surface area contributed by atoms with E-state index in [0.717, 1.165) is 17.0 Å². The number of carbonyl (C=O) groups is 1. The average molecular weight is 364 g/mol. The standard InChI is InChI=1S/C19H16N4O4/c24-12-5-3-10(4-6-12)17-16-13(20-18-19(21-17)23-27-22-18)8-11(9-14(16)25)15-2-1-7-26-15/h1-7,11,17,24H,8-9H2,(H,20,22)(H,21,23)/t11-,17+/m1/s1. The van der Waals surface area contributed by atoms with Gasteiger partial charge in [0.1, 0.15) is 11.5 Å². The number of rotatable bonds is 2. The molecule has 1 aliphatic carbocycles. The van der Waals surface area contributed by atoms with Gasteiger partial charge in [-0.3, -0.25) is 4.79 Å². The molecular formula is C19H16N4O4. The van der Waals surface area contributed by atoms with Crippen LogP contribution in [0.15, 0.2) is 63.0 Å². The molecule has 136 valence electrons. The van der Waals surface area contributed by atoms with Gasteiger partial charge in [0.2, 0.25) is 11.6 Å². The van der Waals surface area contributed by atoms with Crippen LogP contribution in [0.25, 0.3) is 0 Å². The fourth-order valence-corrected chi connectivity index (χ4v) is 3.74. The number of hydrogen-bond acceptors (Lipinski definition) is 8. The molecule has 3 heterocycles. The molecule has 5 rings (SSSR count). The number of aromatic nitrogens is 2. The third kappa shape index (κ3) is 2.66. The number of hydrogen-bond donors (Lipinski definition) is 3. The molecule has 27 heavy (non-hydrogen) atoms. The van der Waals surface area contributed by atoms with Gasteiger partial charge in [-0.2, -0.15) is 0 Å². The van der Waals surface area contributed by atoms with Gasteiger partial charge in [0, 0.05) is 23.6 Å². The summed E-state index contributed by atoms with van der Waals surface area (Å²) >= 11 is 0. The van der Waals surface area contributed by atoms with Crippen LogP contribution in [0.2, 0.25) is 0 Å². The highest BCUT2D eigenvalue weighted by Crippen LogP contribution is 2.43. The number of anilines is 2. The van der Waals surface area contributed by atoms with Crippen LogP contribution in [0.5, 0.6) is 5.75 Å². The summed E-state index contributed by atoms with van der Waals surface area (Å²) in [5.41, 5.74) is 2.25. The van der Waals surface area contributed by atoms with Gasteiger partial charge >= 0.3 is 0 Å². The summed E-state index contributed by atoms with van der Waals surface area (Å²) in [6.07, 6.45) is 2.58. The minimum absolute atomic E-state index is 0.0258. The summed E-state index contributed by atoms with van der Waals surface area (Å²) in [6, 6.07) is 10.0. The zero-order valence-electron chi connectivity index (χ0n) is 14.2. The van der Waals surface area contributed by atoms with Gasteiger partial charge in [-0.15, -0.1) is 0 Å². The van der Waals surface area contributed by atoms with E-state index in [2.05, 4.69) is 20.9 Å². The number of furan rings is 1. The van der Waals surface area contributed by atoms with Crippen LogP contribution >= 0.6 is 0 Å². The number of nitrogens with one attached hydrogen (secondary N) is 2. The van der Waals surface area contributed by atoms with Crippen molar-refractivity contribution < 1.29 is 18.9 Å². The average Bonchev–Trinajstić information content (AvgIpc) is 3.31. The molecule has 0 fully saturated rings. The van der Waals surface area contributed by atoms with E-state index in [4.69, 9.17) is 9.05 Å². The van der Waals surface area contributed by atoms with Gasteiger partial charge in [-0.25, -0.2) is 4.63 Å². The summed E-state index contributed by atoms with van der Waals surface area (Å²) in [7, 11) is 0. The molecule has 8 nitrogen and oxygen atoms in total. The normalized spacial score (nSPS) is 21.7. The summed E-state index contributed by atoms with van der Waals surface area (Å²) in [6.45, 7) is 0. The van der Waals surface area contributed by atoms with Crippen LogP contribution in [-0.2, 0) is 4.79 Å². The van der Waals surface area contributed by atoms with Gasteiger partial charge in [0.15, 0.2) is 5.78 Å². The molecule has 0 unspecified atom stereocenters. The van der Waals surface area contributed by atoms with Crippen molar-refractivity contribution in [1.82, 2.24) is 10.3 Å². The zero-order chi connectivity index (χ0) is 18.4. The number of aromatic hydroxyl groups is 1. The van der Waals surface area contributed by atoms with Gasteiger partial charge in [0.05, 0.1) is 12.3 Å². The van der Waals surface area contributed by atoms with E-state index in [0.29, 0.717) is 30.1 Å². The SMILES string of the molecule is O=C1C[C@H](c2ccco2)CC2=C1[C@H](c1ccc(O)cc1)Nc1nonc1N2. The Morgan fingerprint density at radius 3 is 2.67 bits per heavy atom. The van der Waals surface area contributed by atoms with E-state index in [1.54, 1.807) is 30.5 Å². The van der Waals surface area contributed by atoms with Crippen LogP contribution in [0, 0.1) is 0 Å². The minimum Gasteiger partial charge on any atom is -0.508 e. The number of carbonyl (C=O) groups excluding carboxylic acids is 1. The molecule has 2 aromatic heterocycles. The van der Waals surface area contributed by atoms with Crippen molar-refractivity contribution in [3.05, 3.63) is 65.3 Å². The molecule has 3 N–H and O–H groups in total. The molecule has 0 radical (unpaired) electrons. The lowest BCUT2D eigenvalue weighted by atomic mass is 9.80. The number of benzene rings is 1. The maximum Gasteiger partial charge on any atom is 0.219 e. The maximum atomic E-state index is 13.1. The zero-order valence-corrected chi connectivity index (χ0v) is 14.2. The monoisotopic (exact) mass is 364 g/mol. The maximum absolute atomic E-state index is 13.1.